The van der Waals surface area contributed by atoms with Crippen LogP contribution < -0.4 is 0 Å². The third-order valence-electron chi connectivity index (χ3n) is 0.863. The molecule has 0 saturated carbocycles. The van der Waals surface area contributed by atoms with E-state index in [1.54, 1.807) is 13.0 Å². The Balaban J connectivity index is 4.12. The van der Waals surface area contributed by atoms with Gasteiger partial charge in [-0.3, -0.25) is 9.59 Å². The summed E-state index contributed by atoms with van der Waals surface area (Å²) in [5.74, 6) is -0.0531. The molecule has 0 aliphatic heterocycles. The minimum atomic E-state index is -0.0531. The molecule has 0 aromatic carbocycles. The Labute approximate surface area is 64.7 Å². The van der Waals surface area contributed by atoms with E-state index in [2.05, 4.69) is 0 Å². The van der Waals surface area contributed by atoms with E-state index in [0.29, 0.717) is 4.91 Å². The average molecular weight is 158 g/mol. The maximum atomic E-state index is 10.7. The second-order valence-corrected chi connectivity index (χ2v) is 3.02. The number of Topliss-reactive ketones (excluding diaryl/α,β-unsaturated/α-hetero) is 1. The molecule has 0 heterocycles. The van der Waals surface area contributed by atoms with Crippen LogP contribution in [0.2, 0.25) is 0 Å². The monoisotopic (exact) mass is 158 g/mol. The molecule has 0 aromatic heterocycles. The van der Waals surface area contributed by atoms with Crippen LogP contribution in [0, 0.1) is 0 Å². The zero-order chi connectivity index (χ0) is 8.15. The Hall–Kier alpha value is -0.570. The fraction of sp³-hybridized carbons (Fsp3) is 0.429. The lowest BCUT2D eigenvalue weighted by Gasteiger charge is -1.95. The van der Waals surface area contributed by atoms with Crippen LogP contribution in [0.5, 0.6) is 0 Å². The van der Waals surface area contributed by atoms with Gasteiger partial charge in [-0.15, -0.1) is 0 Å². The molecule has 0 aliphatic carbocycles. The van der Waals surface area contributed by atoms with Crippen molar-refractivity contribution in [3.05, 3.63) is 11.0 Å². The summed E-state index contributed by atoms with van der Waals surface area (Å²) in [6.45, 7) is 4.63. The predicted octanol–water partition coefficient (Wildman–Crippen LogP) is 1.76. The number of ketones is 1. The van der Waals surface area contributed by atoms with Gasteiger partial charge in [0.05, 0.1) is 4.91 Å². The summed E-state index contributed by atoms with van der Waals surface area (Å²) >= 11 is 0.980. The van der Waals surface area contributed by atoms with E-state index in [1.807, 2.05) is 0 Å². The molecule has 10 heavy (non-hydrogen) atoms. The molecule has 0 spiro atoms. The van der Waals surface area contributed by atoms with E-state index in [-0.39, 0.29) is 10.9 Å². The second kappa shape index (κ2) is 4.28. The lowest BCUT2D eigenvalue weighted by atomic mass is 10.4. The first-order chi connectivity index (χ1) is 4.57. The van der Waals surface area contributed by atoms with E-state index < -0.39 is 0 Å². The molecule has 0 aromatic rings. The first-order valence-corrected chi connectivity index (χ1v) is 3.75. The van der Waals surface area contributed by atoms with Crippen molar-refractivity contribution in [2.45, 2.75) is 20.8 Å². The van der Waals surface area contributed by atoms with Crippen LogP contribution in [-0.4, -0.2) is 10.9 Å². The van der Waals surface area contributed by atoms with Crippen molar-refractivity contribution >= 4 is 22.7 Å². The molecular weight excluding hydrogens is 148 g/mol. The van der Waals surface area contributed by atoms with Crippen molar-refractivity contribution in [2.24, 2.45) is 0 Å². The van der Waals surface area contributed by atoms with Crippen molar-refractivity contribution in [1.29, 1.82) is 0 Å². The fourth-order valence-electron chi connectivity index (χ4n) is 0.489. The van der Waals surface area contributed by atoms with E-state index >= 15 is 0 Å². The molecular formula is C7H10O2S. The molecule has 0 radical (unpaired) electrons. The smallest absolute Gasteiger partial charge is 0.190 e. The molecule has 0 N–H and O–H groups in total. The van der Waals surface area contributed by atoms with Gasteiger partial charge >= 0.3 is 0 Å². The lowest BCUT2D eigenvalue weighted by molar-refractivity contribution is -0.113. The number of thioether (sulfide) groups is 1. The van der Waals surface area contributed by atoms with Gasteiger partial charge in [-0.1, -0.05) is 6.08 Å². The van der Waals surface area contributed by atoms with Gasteiger partial charge in [0.1, 0.15) is 0 Å². The highest BCUT2D eigenvalue weighted by molar-refractivity contribution is 8.17. The van der Waals surface area contributed by atoms with E-state index in [9.17, 15) is 9.59 Å². The molecule has 0 rings (SSSR count). The Morgan fingerprint density at radius 2 is 1.80 bits per heavy atom. The van der Waals surface area contributed by atoms with Crippen LogP contribution in [0.15, 0.2) is 11.0 Å². The average Bonchev–Trinajstić information content (AvgIpc) is 1.81. The lowest BCUT2D eigenvalue weighted by Crippen LogP contribution is -1.94. The first kappa shape index (κ1) is 9.43. The highest BCUT2D eigenvalue weighted by Crippen LogP contribution is 2.16. The number of allylic oxidation sites excluding steroid dienone is 2. The molecule has 0 fully saturated rings. The maximum absolute atomic E-state index is 10.7. The number of hydrogen-bond acceptors (Lipinski definition) is 3. The highest BCUT2D eigenvalue weighted by atomic mass is 32.2. The number of hydrogen-bond donors (Lipinski definition) is 0. The van der Waals surface area contributed by atoms with Gasteiger partial charge in [0, 0.05) is 6.92 Å². The summed E-state index contributed by atoms with van der Waals surface area (Å²) in [4.78, 5) is 21.7. The van der Waals surface area contributed by atoms with Crippen LogP contribution in [0.1, 0.15) is 20.8 Å². The summed E-state index contributed by atoms with van der Waals surface area (Å²) in [6, 6.07) is 0. The zero-order valence-corrected chi connectivity index (χ0v) is 7.12. The highest BCUT2D eigenvalue weighted by Gasteiger charge is 2.04. The van der Waals surface area contributed by atoms with Crippen molar-refractivity contribution in [3.63, 3.8) is 0 Å². The predicted molar refractivity (Wildman–Crippen MR) is 42.7 cm³/mol. The minimum Gasteiger partial charge on any atom is -0.294 e. The summed E-state index contributed by atoms with van der Waals surface area (Å²) in [5, 5.41) is -0.0525. The van der Waals surface area contributed by atoms with Crippen molar-refractivity contribution in [2.75, 3.05) is 0 Å². The molecule has 0 saturated heterocycles. The van der Waals surface area contributed by atoms with Gasteiger partial charge in [-0.25, -0.2) is 0 Å². The fourth-order valence-corrected chi connectivity index (χ4v) is 1.06. The van der Waals surface area contributed by atoms with Crippen molar-refractivity contribution in [1.82, 2.24) is 0 Å². The Morgan fingerprint density at radius 3 is 1.90 bits per heavy atom. The van der Waals surface area contributed by atoms with Crippen LogP contribution in [-0.2, 0) is 9.59 Å². The van der Waals surface area contributed by atoms with Gasteiger partial charge < -0.3 is 0 Å². The van der Waals surface area contributed by atoms with Crippen LogP contribution >= 0.6 is 11.8 Å². The summed E-state index contributed by atoms with van der Waals surface area (Å²) in [6.07, 6.45) is 1.65. The first-order valence-electron chi connectivity index (χ1n) is 2.93. The molecule has 56 valence electrons. The summed E-state index contributed by atoms with van der Waals surface area (Å²) in [7, 11) is 0. The van der Waals surface area contributed by atoms with Gasteiger partial charge in [0.25, 0.3) is 0 Å². The Kier molecular flexibility index (Phi) is 4.03. The zero-order valence-electron chi connectivity index (χ0n) is 6.30. The van der Waals surface area contributed by atoms with Crippen molar-refractivity contribution in [3.8, 4) is 0 Å². The van der Waals surface area contributed by atoms with Crippen LogP contribution in [0.4, 0.5) is 0 Å². The van der Waals surface area contributed by atoms with Gasteiger partial charge in [0.2, 0.25) is 0 Å². The SMILES string of the molecule is C/C=C(/SC(C)=O)C(C)=O. The van der Waals surface area contributed by atoms with Crippen LogP contribution in [0.3, 0.4) is 0 Å². The number of carbonyl (C=O) groups is 2. The molecule has 0 aliphatic rings. The maximum Gasteiger partial charge on any atom is 0.190 e. The molecule has 0 amide bonds. The Bertz CT molecular complexity index is 182. The van der Waals surface area contributed by atoms with Gasteiger partial charge in [0.15, 0.2) is 10.9 Å². The molecule has 0 unspecified atom stereocenters. The number of carbonyl (C=O) groups excluding carboxylic acids is 2. The molecule has 0 atom stereocenters. The normalized spacial score (nSPS) is 11.3. The third-order valence-corrected chi connectivity index (χ3v) is 1.89. The van der Waals surface area contributed by atoms with Crippen molar-refractivity contribution < 1.29 is 9.59 Å². The van der Waals surface area contributed by atoms with Gasteiger partial charge in [-0.2, -0.15) is 0 Å². The molecule has 0 bridgehead atoms. The molecule has 3 heteroatoms. The number of rotatable bonds is 2. The third kappa shape index (κ3) is 3.45. The molecule has 2 nitrogen and oxygen atoms in total. The quantitative estimate of drug-likeness (QED) is 0.574. The minimum absolute atomic E-state index is 0.0525. The van der Waals surface area contributed by atoms with E-state index in [1.165, 1.54) is 13.8 Å². The Morgan fingerprint density at radius 1 is 1.30 bits per heavy atom. The summed E-state index contributed by atoms with van der Waals surface area (Å²) in [5.41, 5.74) is 0. The largest absolute Gasteiger partial charge is 0.294 e. The topological polar surface area (TPSA) is 34.1 Å². The van der Waals surface area contributed by atoms with E-state index in [0.717, 1.165) is 11.8 Å². The standard InChI is InChI=1S/C7H10O2S/c1-4-7(5(2)8)10-6(3)9/h4H,1-3H3/b7-4+. The van der Waals surface area contributed by atoms with Gasteiger partial charge in [-0.05, 0) is 25.6 Å². The van der Waals surface area contributed by atoms with Crippen LogP contribution in [0.25, 0.3) is 0 Å². The van der Waals surface area contributed by atoms with E-state index in [4.69, 9.17) is 0 Å². The second-order valence-electron chi connectivity index (χ2n) is 1.80. The summed E-state index contributed by atoms with van der Waals surface area (Å²) < 4.78 is 0.